The van der Waals surface area contributed by atoms with Gasteiger partial charge in [-0.3, -0.25) is 4.79 Å². The second kappa shape index (κ2) is 10.9. The predicted molar refractivity (Wildman–Crippen MR) is 142 cm³/mol. The van der Waals surface area contributed by atoms with Crippen LogP contribution in [0, 0.1) is 17.8 Å². The van der Waals surface area contributed by atoms with Gasteiger partial charge in [0.25, 0.3) is 0 Å². The minimum Gasteiger partial charge on any atom is -0.459 e. The van der Waals surface area contributed by atoms with Gasteiger partial charge in [0.05, 0.1) is 36.4 Å². The Morgan fingerprint density at radius 3 is 2.36 bits per heavy atom. The van der Waals surface area contributed by atoms with Gasteiger partial charge < -0.3 is 43.9 Å². The average molecular weight is 556 g/mol. The Morgan fingerprint density at radius 1 is 1.10 bits per heavy atom. The number of hydrogen-bond donors (Lipinski definition) is 3. The van der Waals surface area contributed by atoms with Crippen molar-refractivity contribution >= 4 is 5.97 Å². The van der Waals surface area contributed by atoms with Crippen LogP contribution in [-0.2, 0) is 28.5 Å². The van der Waals surface area contributed by atoms with E-state index in [1.165, 1.54) is 0 Å². The fraction of sp³-hybridized carbons (Fsp3) is 0.897. The van der Waals surface area contributed by atoms with Gasteiger partial charge in [-0.1, -0.05) is 20.8 Å². The highest BCUT2D eigenvalue weighted by atomic mass is 16.8. The third kappa shape index (κ3) is 5.20. The first kappa shape index (κ1) is 30.8. The van der Waals surface area contributed by atoms with Gasteiger partial charge in [0.15, 0.2) is 12.1 Å². The fourth-order valence-corrected chi connectivity index (χ4v) is 7.34. The van der Waals surface area contributed by atoms with E-state index in [2.05, 4.69) is 0 Å². The van der Waals surface area contributed by atoms with Crippen LogP contribution in [0.15, 0.2) is 11.6 Å². The van der Waals surface area contributed by atoms with Crippen molar-refractivity contribution in [3.05, 3.63) is 11.6 Å². The van der Waals surface area contributed by atoms with Crippen molar-refractivity contribution in [1.82, 2.24) is 4.90 Å². The van der Waals surface area contributed by atoms with Crippen LogP contribution in [0.2, 0.25) is 0 Å². The van der Waals surface area contributed by atoms with Crippen LogP contribution >= 0.6 is 0 Å². The first-order chi connectivity index (χ1) is 18.1. The van der Waals surface area contributed by atoms with E-state index < -0.39 is 65.5 Å². The quantitative estimate of drug-likeness (QED) is 0.342. The molecule has 224 valence electrons. The Morgan fingerprint density at radius 2 is 1.77 bits per heavy atom. The summed E-state index contributed by atoms with van der Waals surface area (Å²) in [4.78, 5) is 15.3. The number of cyclic esters (lactones) is 1. The number of carbonyl (C=O) groups excluding carboxylic acids is 1. The first-order valence-electron chi connectivity index (χ1n) is 14.4. The van der Waals surface area contributed by atoms with Crippen molar-refractivity contribution in [3.63, 3.8) is 0 Å². The lowest BCUT2D eigenvalue weighted by molar-refractivity contribution is -0.328. The zero-order chi connectivity index (χ0) is 29.1. The van der Waals surface area contributed by atoms with Gasteiger partial charge in [-0.05, 0) is 67.1 Å². The van der Waals surface area contributed by atoms with Crippen LogP contribution in [0.25, 0.3) is 0 Å². The van der Waals surface area contributed by atoms with Crippen LogP contribution in [0.4, 0.5) is 0 Å². The van der Waals surface area contributed by atoms with Gasteiger partial charge >= 0.3 is 5.97 Å². The van der Waals surface area contributed by atoms with Crippen molar-refractivity contribution in [2.45, 2.75) is 128 Å². The number of aliphatic hydroxyl groups is 3. The topological polar surface area (TPSA) is 127 Å². The van der Waals surface area contributed by atoms with Gasteiger partial charge in [-0.25, -0.2) is 0 Å². The molecule has 0 radical (unpaired) electrons. The summed E-state index contributed by atoms with van der Waals surface area (Å²) in [7, 11) is 3.82. The summed E-state index contributed by atoms with van der Waals surface area (Å²) in [5.41, 5.74) is -1.48. The molecule has 2 unspecified atom stereocenters. The van der Waals surface area contributed by atoms with Gasteiger partial charge in [-0.2, -0.15) is 0 Å². The Hall–Kier alpha value is -1.11. The Kier molecular flexibility index (Phi) is 8.65. The standard InChI is InChI=1S/C29H49NO9/c1-10-21-27(6)13-19(14-31)29(38-27)15(2)12-28(7,39-29)24(17(4)22(32)18(5)25(34)36-21)37-26-23(33)20(30(8)9)11-16(3)35-26/h13,15-18,20-24,26,31-33H,10-12,14H2,1-9H3/t15-,16-,17+,18-,20+,21-,22+,23-,24-,26+,27?,28-,29?/m1/s1. The molecule has 10 nitrogen and oxygen atoms in total. The number of esters is 1. The monoisotopic (exact) mass is 555 g/mol. The van der Waals surface area contributed by atoms with E-state index in [1.807, 2.05) is 66.6 Å². The van der Waals surface area contributed by atoms with E-state index >= 15 is 0 Å². The van der Waals surface area contributed by atoms with Gasteiger partial charge in [0, 0.05) is 23.5 Å². The van der Waals surface area contributed by atoms with Crippen LogP contribution < -0.4 is 0 Å². The van der Waals surface area contributed by atoms with Crippen LogP contribution in [0.3, 0.4) is 0 Å². The van der Waals surface area contributed by atoms with Crippen molar-refractivity contribution < 1.29 is 43.8 Å². The number of likely N-dealkylation sites (N-methyl/N-ethyl adjacent to an activating group) is 1. The molecule has 10 heteroatoms. The third-order valence-corrected chi connectivity index (χ3v) is 9.52. The van der Waals surface area contributed by atoms with Gasteiger partial charge in [-0.15, -0.1) is 0 Å². The summed E-state index contributed by atoms with van der Waals surface area (Å²) in [6, 6.07) is -0.185. The van der Waals surface area contributed by atoms with E-state index in [4.69, 9.17) is 23.7 Å². The van der Waals surface area contributed by atoms with E-state index in [0.29, 0.717) is 24.8 Å². The minimum absolute atomic E-state index is 0.164. The molecule has 3 fully saturated rings. The first-order valence-corrected chi connectivity index (χ1v) is 14.4. The average Bonchev–Trinajstić information content (AvgIpc) is 3.31. The SMILES string of the molecule is CC[C@H]1OC(=O)[C@H](C)[C@@H](O)[C@H](C)[C@@H](O[C@@H]2O[C@H](C)C[C@H](N(C)C)[C@H]2O)[C@@]2(C)C[C@@H](C)C3(OC1(C)C=C3CO)O2. The highest BCUT2D eigenvalue weighted by Crippen LogP contribution is 2.56. The number of ether oxygens (including phenoxy) is 5. The van der Waals surface area contributed by atoms with E-state index in [0.717, 1.165) is 0 Å². The molecule has 4 aliphatic heterocycles. The molecule has 3 N–H and O–H groups in total. The summed E-state index contributed by atoms with van der Waals surface area (Å²) in [5, 5.41) is 33.2. The van der Waals surface area contributed by atoms with Gasteiger partial charge in [0.2, 0.25) is 0 Å². The van der Waals surface area contributed by atoms with Crippen molar-refractivity contribution in [2.24, 2.45) is 17.8 Å². The summed E-state index contributed by atoms with van der Waals surface area (Å²) < 4.78 is 32.2. The number of rotatable bonds is 5. The zero-order valence-electron chi connectivity index (χ0n) is 24.9. The second-order valence-corrected chi connectivity index (χ2v) is 12.9. The number of fused-ring (bicyclic) bond motifs is 2. The van der Waals surface area contributed by atoms with Crippen molar-refractivity contribution in [1.29, 1.82) is 0 Å². The summed E-state index contributed by atoms with van der Waals surface area (Å²) >= 11 is 0. The molecule has 3 saturated heterocycles. The normalized spacial score (nSPS) is 50.8. The molecular formula is C29H49NO9. The second-order valence-electron chi connectivity index (χ2n) is 12.9. The highest BCUT2D eigenvalue weighted by Gasteiger charge is 2.65. The third-order valence-electron chi connectivity index (χ3n) is 9.52. The molecule has 4 heterocycles. The lowest BCUT2D eigenvalue weighted by Gasteiger charge is -2.47. The van der Waals surface area contributed by atoms with Crippen molar-refractivity contribution in [2.75, 3.05) is 20.7 Å². The summed E-state index contributed by atoms with van der Waals surface area (Å²) in [5.74, 6) is -3.47. The maximum atomic E-state index is 13.3. The van der Waals surface area contributed by atoms with E-state index in [9.17, 15) is 20.1 Å². The molecule has 0 aromatic heterocycles. The molecule has 0 aromatic carbocycles. The van der Waals surface area contributed by atoms with Crippen LogP contribution in [-0.4, -0.2) is 107 Å². The largest absolute Gasteiger partial charge is 0.459 e. The Bertz CT molecular complexity index is 944. The smallest absolute Gasteiger partial charge is 0.311 e. The van der Waals surface area contributed by atoms with E-state index in [-0.39, 0.29) is 24.7 Å². The number of hydrogen-bond acceptors (Lipinski definition) is 10. The molecule has 13 atom stereocenters. The molecule has 4 rings (SSSR count). The highest BCUT2D eigenvalue weighted by molar-refractivity contribution is 5.73. The lowest BCUT2D eigenvalue weighted by atomic mass is 9.78. The molecular weight excluding hydrogens is 506 g/mol. The van der Waals surface area contributed by atoms with Crippen LogP contribution in [0.5, 0.6) is 0 Å². The zero-order valence-corrected chi connectivity index (χ0v) is 24.9. The molecule has 0 saturated carbocycles. The molecule has 0 aliphatic carbocycles. The van der Waals surface area contributed by atoms with Gasteiger partial charge in [0.1, 0.15) is 17.8 Å². The predicted octanol–water partition coefficient (Wildman–Crippen LogP) is 1.99. The molecule has 0 amide bonds. The summed E-state index contributed by atoms with van der Waals surface area (Å²) in [6.45, 7) is 12.8. The number of aliphatic hydroxyl groups excluding tert-OH is 3. The molecule has 0 aromatic rings. The minimum atomic E-state index is -1.26. The molecule has 1 spiro atoms. The Labute approximate surface area is 232 Å². The maximum absolute atomic E-state index is 13.3. The summed E-state index contributed by atoms with van der Waals surface area (Å²) in [6.07, 6.45) is -1.21. The number of carbonyl (C=O) groups is 1. The van der Waals surface area contributed by atoms with Crippen LogP contribution in [0.1, 0.15) is 67.7 Å². The Balaban J connectivity index is 1.79. The maximum Gasteiger partial charge on any atom is 0.311 e. The molecule has 3 bridgehead atoms. The van der Waals surface area contributed by atoms with Crippen molar-refractivity contribution in [3.8, 4) is 0 Å². The lowest BCUT2D eigenvalue weighted by Crippen LogP contribution is -2.59. The number of nitrogens with zero attached hydrogens (tertiary/aromatic N) is 1. The molecule has 39 heavy (non-hydrogen) atoms. The van der Waals surface area contributed by atoms with E-state index in [1.54, 1.807) is 6.92 Å². The molecule has 4 aliphatic rings. The fourth-order valence-electron chi connectivity index (χ4n) is 7.34.